The molecule has 2 atom stereocenters. The van der Waals surface area contributed by atoms with Crippen LogP contribution in [0, 0.1) is 12.8 Å². The number of fused-ring (bicyclic) bond motifs is 5. The van der Waals surface area contributed by atoms with E-state index < -0.39 is 0 Å². The molecule has 1 N–H and O–H groups in total. The minimum Gasteiger partial charge on any atom is -0.457 e. The number of hydrogen-bond acceptors (Lipinski definition) is 5. The second-order valence-electron chi connectivity index (χ2n) is 10.2. The first-order valence-corrected chi connectivity index (χ1v) is 12.7. The zero-order valence-electron chi connectivity index (χ0n) is 20.9. The first-order chi connectivity index (χ1) is 17.4. The van der Waals surface area contributed by atoms with Crippen LogP contribution in [0.15, 0.2) is 42.5 Å². The van der Waals surface area contributed by atoms with E-state index in [2.05, 4.69) is 5.32 Å². The summed E-state index contributed by atoms with van der Waals surface area (Å²) in [6.07, 6.45) is 3.21. The number of amides is 3. The Morgan fingerprint density at radius 3 is 2.75 bits per heavy atom. The summed E-state index contributed by atoms with van der Waals surface area (Å²) in [4.78, 5) is 42.1. The van der Waals surface area contributed by atoms with Gasteiger partial charge in [0, 0.05) is 32.1 Å². The van der Waals surface area contributed by atoms with Crippen molar-refractivity contribution in [1.29, 1.82) is 0 Å². The first kappa shape index (κ1) is 24.3. The Balaban J connectivity index is 1.40. The lowest BCUT2D eigenvalue weighted by Crippen LogP contribution is -2.58. The Labute approximate surface area is 211 Å². The summed E-state index contributed by atoms with van der Waals surface area (Å²) in [6.45, 7) is 3.21. The molecule has 0 radical (unpaired) electrons. The van der Waals surface area contributed by atoms with E-state index >= 15 is 0 Å². The summed E-state index contributed by atoms with van der Waals surface area (Å²) in [5, 5.41) is 3.05. The van der Waals surface area contributed by atoms with E-state index in [1.807, 2.05) is 42.2 Å². The van der Waals surface area contributed by atoms with E-state index in [1.54, 1.807) is 19.2 Å². The average Bonchev–Trinajstić information content (AvgIpc) is 3.67. The molecule has 2 aromatic rings. The fourth-order valence-corrected chi connectivity index (χ4v) is 4.83. The number of benzene rings is 2. The summed E-state index contributed by atoms with van der Waals surface area (Å²) in [5.41, 5.74) is 2.30. The molecule has 1 saturated carbocycles. The van der Waals surface area contributed by atoms with Crippen molar-refractivity contribution in [1.82, 2.24) is 15.1 Å². The van der Waals surface area contributed by atoms with Crippen LogP contribution < -0.4 is 10.1 Å². The number of nitrogens with one attached hydrogen (secondary N) is 1. The Bertz CT molecular complexity index is 1160. The molecule has 3 amide bonds. The minimum atomic E-state index is -0.351. The van der Waals surface area contributed by atoms with Gasteiger partial charge in [-0.05, 0) is 67.5 Å². The quantitative estimate of drug-likeness (QED) is 0.697. The standard InChI is InChI=1S/C28H33N3O5/c1-18-6-9-21-14-25(18)36-22-5-3-4-20(12-22)17-35-24-10-11-31(27(33)13-19-7-8-19)15-23(24)29-26(32)16-30(2)28(21)34/h3-6,9,12,14,19,23-24H,7-8,10-11,13,15-17H2,1-2H3,(H,29,32)/t23-,24+/m1/s1. The lowest BCUT2D eigenvalue weighted by molar-refractivity contribution is -0.137. The number of aryl methyl sites for hydroxylation is 1. The van der Waals surface area contributed by atoms with Gasteiger partial charge in [0.15, 0.2) is 0 Å². The number of rotatable bonds is 2. The van der Waals surface area contributed by atoms with E-state index in [4.69, 9.17) is 9.47 Å². The lowest BCUT2D eigenvalue weighted by atomic mass is 10.0. The van der Waals surface area contributed by atoms with Crippen molar-refractivity contribution in [3.8, 4) is 11.5 Å². The second-order valence-corrected chi connectivity index (χ2v) is 10.2. The van der Waals surface area contributed by atoms with Gasteiger partial charge in [-0.2, -0.15) is 0 Å². The number of likely N-dealkylation sites (tertiary alicyclic amines) is 1. The van der Waals surface area contributed by atoms with E-state index in [0.717, 1.165) is 24.0 Å². The number of nitrogens with zero attached hydrogens (tertiary/aromatic N) is 2. The molecule has 1 saturated heterocycles. The van der Waals surface area contributed by atoms with E-state index in [-0.39, 0.29) is 36.4 Å². The summed E-state index contributed by atoms with van der Waals surface area (Å²) in [6, 6.07) is 12.6. The van der Waals surface area contributed by atoms with Gasteiger partial charge in [-0.25, -0.2) is 0 Å². The number of ether oxygens (including phenoxy) is 2. The van der Waals surface area contributed by atoms with Crippen molar-refractivity contribution in [3.63, 3.8) is 0 Å². The van der Waals surface area contributed by atoms with Crippen LogP contribution in [0.1, 0.15) is 47.2 Å². The molecule has 2 fully saturated rings. The monoisotopic (exact) mass is 491 g/mol. The predicted octanol–water partition coefficient (Wildman–Crippen LogP) is 3.28. The zero-order valence-corrected chi connectivity index (χ0v) is 20.9. The Hall–Kier alpha value is -3.39. The van der Waals surface area contributed by atoms with E-state index in [1.165, 1.54) is 4.90 Å². The van der Waals surface area contributed by atoms with Crippen LogP contribution in [0.3, 0.4) is 0 Å². The predicted molar refractivity (Wildman–Crippen MR) is 134 cm³/mol. The van der Waals surface area contributed by atoms with Gasteiger partial charge in [0.2, 0.25) is 11.8 Å². The van der Waals surface area contributed by atoms with Gasteiger partial charge in [-0.3, -0.25) is 14.4 Å². The smallest absolute Gasteiger partial charge is 0.254 e. The molecule has 4 bridgehead atoms. The van der Waals surface area contributed by atoms with Crippen LogP contribution >= 0.6 is 0 Å². The molecule has 5 rings (SSSR count). The van der Waals surface area contributed by atoms with Crippen molar-refractivity contribution in [2.45, 2.75) is 51.4 Å². The molecule has 0 aromatic heterocycles. The molecule has 190 valence electrons. The molecule has 2 aliphatic heterocycles. The topological polar surface area (TPSA) is 88.2 Å². The van der Waals surface area contributed by atoms with Crippen LogP contribution in [-0.2, 0) is 20.9 Å². The maximum Gasteiger partial charge on any atom is 0.254 e. The Morgan fingerprint density at radius 1 is 1.11 bits per heavy atom. The lowest BCUT2D eigenvalue weighted by Gasteiger charge is -2.39. The van der Waals surface area contributed by atoms with Crippen molar-refractivity contribution in [2.75, 3.05) is 26.7 Å². The highest BCUT2D eigenvalue weighted by molar-refractivity contribution is 5.96. The summed E-state index contributed by atoms with van der Waals surface area (Å²) >= 11 is 0. The van der Waals surface area contributed by atoms with Crippen molar-refractivity contribution in [2.24, 2.45) is 5.92 Å². The molecule has 3 aliphatic rings. The van der Waals surface area contributed by atoms with Gasteiger partial charge >= 0.3 is 0 Å². The molecule has 8 nitrogen and oxygen atoms in total. The fourth-order valence-electron chi connectivity index (χ4n) is 4.83. The third kappa shape index (κ3) is 5.70. The molecule has 2 heterocycles. The molecule has 2 aromatic carbocycles. The second kappa shape index (κ2) is 10.3. The van der Waals surface area contributed by atoms with Crippen LogP contribution in [0.5, 0.6) is 11.5 Å². The normalized spacial score (nSPS) is 22.9. The van der Waals surface area contributed by atoms with Gasteiger partial charge in [0.05, 0.1) is 25.3 Å². The van der Waals surface area contributed by atoms with Crippen molar-refractivity contribution < 1.29 is 23.9 Å². The Morgan fingerprint density at radius 2 is 1.94 bits per heavy atom. The number of piperidine rings is 1. The van der Waals surface area contributed by atoms with Crippen LogP contribution in [0.25, 0.3) is 0 Å². The SMILES string of the molecule is Cc1ccc2cc1Oc1cccc(c1)CO[C@H]1CCN(C(=O)CC3CC3)C[C@H]1NC(=O)CN(C)C2=O. The number of carbonyl (C=O) groups excluding carboxylic acids is 3. The van der Waals surface area contributed by atoms with Gasteiger partial charge in [0.1, 0.15) is 11.5 Å². The fraction of sp³-hybridized carbons (Fsp3) is 0.464. The van der Waals surface area contributed by atoms with Crippen LogP contribution in [0.4, 0.5) is 0 Å². The Kier molecular flexibility index (Phi) is 6.96. The molecule has 8 heteroatoms. The highest BCUT2D eigenvalue weighted by Crippen LogP contribution is 2.33. The van der Waals surface area contributed by atoms with Gasteiger partial charge < -0.3 is 24.6 Å². The number of likely N-dealkylation sites (N-methyl/N-ethyl adjacent to an activating group) is 1. The number of hydrogen-bond donors (Lipinski definition) is 1. The maximum atomic E-state index is 13.1. The summed E-state index contributed by atoms with van der Waals surface area (Å²) in [7, 11) is 1.61. The summed E-state index contributed by atoms with van der Waals surface area (Å²) in [5.74, 6) is 1.35. The van der Waals surface area contributed by atoms with Crippen LogP contribution in [-0.4, -0.2) is 66.3 Å². The highest BCUT2D eigenvalue weighted by atomic mass is 16.5. The molecule has 1 aliphatic carbocycles. The molecule has 36 heavy (non-hydrogen) atoms. The molecular weight excluding hydrogens is 458 g/mol. The minimum absolute atomic E-state index is 0.0960. The highest BCUT2D eigenvalue weighted by Gasteiger charge is 2.35. The third-order valence-electron chi connectivity index (χ3n) is 7.16. The molecule has 0 spiro atoms. The van der Waals surface area contributed by atoms with Gasteiger partial charge in [-0.1, -0.05) is 18.2 Å². The molecular formula is C28H33N3O5. The van der Waals surface area contributed by atoms with Gasteiger partial charge in [0.25, 0.3) is 5.91 Å². The number of carbonyl (C=O) groups is 3. The van der Waals surface area contributed by atoms with Gasteiger partial charge in [-0.15, -0.1) is 0 Å². The average molecular weight is 492 g/mol. The maximum absolute atomic E-state index is 13.1. The summed E-state index contributed by atoms with van der Waals surface area (Å²) < 4.78 is 12.4. The van der Waals surface area contributed by atoms with E-state index in [0.29, 0.717) is 55.5 Å². The van der Waals surface area contributed by atoms with Crippen molar-refractivity contribution >= 4 is 17.7 Å². The van der Waals surface area contributed by atoms with Crippen LogP contribution in [0.2, 0.25) is 0 Å². The first-order valence-electron chi connectivity index (χ1n) is 12.7. The zero-order chi connectivity index (χ0) is 25.2. The molecule has 0 unspecified atom stereocenters. The van der Waals surface area contributed by atoms with E-state index in [9.17, 15) is 14.4 Å². The third-order valence-corrected chi connectivity index (χ3v) is 7.16. The largest absolute Gasteiger partial charge is 0.457 e. The van der Waals surface area contributed by atoms with Crippen molar-refractivity contribution in [3.05, 3.63) is 59.2 Å².